The number of halogens is 2. The number of nitrogens with zero attached hydrogens (tertiary/aromatic N) is 4. The maximum absolute atomic E-state index is 12.3. The van der Waals surface area contributed by atoms with Crippen LogP contribution in [0.4, 0.5) is 5.82 Å². The first kappa shape index (κ1) is 18.2. The molecule has 2 N–H and O–H groups in total. The predicted molar refractivity (Wildman–Crippen MR) is 98.6 cm³/mol. The number of carbonyl (C=O) groups is 2. The molecule has 26 heavy (non-hydrogen) atoms. The summed E-state index contributed by atoms with van der Waals surface area (Å²) < 4.78 is 3.81. The number of aromatic carboxylic acids is 1. The molecule has 0 fully saturated rings. The lowest BCUT2D eigenvalue weighted by Gasteiger charge is -2.03. The van der Waals surface area contributed by atoms with Crippen LogP contribution in [-0.2, 0) is 13.6 Å². The van der Waals surface area contributed by atoms with E-state index in [0.717, 1.165) is 10.0 Å². The molecule has 0 bridgehead atoms. The Kier molecular flexibility index (Phi) is 5.10. The van der Waals surface area contributed by atoms with Crippen molar-refractivity contribution >= 4 is 45.2 Å². The van der Waals surface area contributed by atoms with E-state index in [1.165, 1.54) is 17.9 Å². The van der Waals surface area contributed by atoms with E-state index in [2.05, 4.69) is 31.4 Å². The zero-order chi connectivity index (χ0) is 18.8. The number of carboxylic acid groups (broad SMARTS) is 1. The molecule has 8 nitrogen and oxygen atoms in total. The van der Waals surface area contributed by atoms with Gasteiger partial charge in [0.15, 0.2) is 11.5 Å². The minimum Gasteiger partial charge on any atom is -0.478 e. The number of hydrogen-bond acceptors (Lipinski definition) is 4. The molecule has 0 atom stereocenters. The van der Waals surface area contributed by atoms with Gasteiger partial charge in [-0.1, -0.05) is 39.7 Å². The van der Waals surface area contributed by atoms with Crippen molar-refractivity contribution < 1.29 is 14.7 Å². The maximum Gasteiger partial charge on any atom is 0.339 e. The van der Waals surface area contributed by atoms with Gasteiger partial charge in [0.05, 0.1) is 6.54 Å². The first-order valence-electron chi connectivity index (χ1n) is 7.39. The summed E-state index contributed by atoms with van der Waals surface area (Å²) in [4.78, 5) is 23.6. The highest BCUT2D eigenvalue weighted by atomic mass is 79.9. The summed E-state index contributed by atoms with van der Waals surface area (Å²) in [6.45, 7) is 0.465. The minimum absolute atomic E-state index is 0.135. The molecule has 0 spiro atoms. The highest BCUT2D eigenvalue weighted by Gasteiger charge is 2.22. The molecule has 0 saturated heterocycles. The van der Waals surface area contributed by atoms with E-state index in [0.29, 0.717) is 6.54 Å². The third-order valence-electron chi connectivity index (χ3n) is 3.48. The Balaban J connectivity index is 1.78. The average Bonchev–Trinajstić information content (AvgIpc) is 3.13. The summed E-state index contributed by atoms with van der Waals surface area (Å²) in [7, 11) is 1.53. The van der Waals surface area contributed by atoms with Gasteiger partial charge in [-0.05, 0) is 17.7 Å². The zero-order valence-corrected chi connectivity index (χ0v) is 15.8. The van der Waals surface area contributed by atoms with Crippen molar-refractivity contribution in [3.05, 3.63) is 63.0 Å². The van der Waals surface area contributed by atoms with Crippen LogP contribution in [0.5, 0.6) is 0 Å². The van der Waals surface area contributed by atoms with Crippen molar-refractivity contribution in [3.8, 4) is 0 Å². The van der Waals surface area contributed by atoms with Gasteiger partial charge in [-0.3, -0.25) is 14.2 Å². The molecule has 10 heteroatoms. The van der Waals surface area contributed by atoms with Crippen molar-refractivity contribution in [1.29, 1.82) is 0 Å². The number of carboxylic acids is 1. The lowest BCUT2D eigenvalue weighted by Crippen LogP contribution is -2.17. The third kappa shape index (κ3) is 3.94. The molecule has 3 rings (SSSR count). The lowest BCUT2D eigenvalue weighted by molar-refractivity contribution is 0.0692. The van der Waals surface area contributed by atoms with Crippen molar-refractivity contribution in [2.75, 3.05) is 5.32 Å². The van der Waals surface area contributed by atoms with Crippen LogP contribution < -0.4 is 5.32 Å². The molecule has 0 aliphatic carbocycles. The number of nitrogens with one attached hydrogen (secondary N) is 1. The molecule has 0 unspecified atom stereocenters. The van der Waals surface area contributed by atoms with Crippen LogP contribution in [0.2, 0.25) is 5.02 Å². The van der Waals surface area contributed by atoms with Gasteiger partial charge in [0.2, 0.25) is 0 Å². The Morgan fingerprint density at radius 3 is 2.58 bits per heavy atom. The number of amides is 1. The third-order valence-corrected chi connectivity index (χ3v) is 4.29. The standard InChI is InChI=1S/C16H13BrClN5O3/c1-22-7-11(16(25)26)13(20-22)15(24)19-14-12(18)8-23(21-14)6-9-2-4-10(17)5-3-9/h2-5,7-8H,6H2,1H3,(H,25,26)(H,19,21,24). The minimum atomic E-state index is -1.24. The van der Waals surface area contributed by atoms with Gasteiger partial charge in [0.25, 0.3) is 5.91 Å². The van der Waals surface area contributed by atoms with Crippen LogP contribution in [0.15, 0.2) is 41.1 Å². The molecule has 0 radical (unpaired) electrons. The molecule has 0 saturated carbocycles. The van der Waals surface area contributed by atoms with Crippen LogP contribution in [0.3, 0.4) is 0 Å². The second-order valence-electron chi connectivity index (χ2n) is 5.47. The number of aryl methyl sites for hydroxylation is 1. The SMILES string of the molecule is Cn1cc(C(=O)O)c(C(=O)Nc2nn(Cc3ccc(Br)cc3)cc2Cl)n1. The van der Waals surface area contributed by atoms with E-state index in [1.807, 2.05) is 24.3 Å². The fourth-order valence-corrected chi connectivity index (χ4v) is 2.78. The van der Waals surface area contributed by atoms with Crippen molar-refractivity contribution in [1.82, 2.24) is 19.6 Å². The largest absolute Gasteiger partial charge is 0.478 e. The van der Waals surface area contributed by atoms with Crippen molar-refractivity contribution in [2.45, 2.75) is 6.54 Å². The van der Waals surface area contributed by atoms with Crippen LogP contribution in [0, 0.1) is 0 Å². The Hall–Kier alpha value is -2.65. The smallest absolute Gasteiger partial charge is 0.339 e. The molecular weight excluding hydrogens is 426 g/mol. The Morgan fingerprint density at radius 1 is 1.23 bits per heavy atom. The van der Waals surface area contributed by atoms with E-state index in [1.54, 1.807) is 10.9 Å². The molecule has 2 heterocycles. The Bertz CT molecular complexity index is 980. The average molecular weight is 439 g/mol. The van der Waals surface area contributed by atoms with Crippen LogP contribution in [0.1, 0.15) is 26.4 Å². The van der Waals surface area contributed by atoms with Gasteiger partial charge < -0.3 is 10.4 Å². The van der Waals surface area contributed by atoms with Crippen LogP contribution >= 0.6 is 27.5 Å². The number of carbonyl (C=O) groups excluding carboxylic acids is 1. The predicted octanol–water partition coefficient (Wildman–Crippen LogP) is 3.03. The molecule has 2 aromatic heterocycles. The molecule has 3 aromatic rings. The fraction of sp³-hybridized carbons (Fsp3) is 0.125. The number of hydrogen-bond donors (Lipinski definition) is 2. The van der Waals surface area contributed by atoms with Crippen LogP contribution in [-0.4, -0.2) is 36.5 Å². The summed E-state index contributed by atoms with van der Waals surface area (Å²) in [5.41, 5.74) is 0.595. The molecular formula is C16H13BrClN5O3. The van der Waals surface area contributed by atoms with E-state index in [4.69, 9.17) is 16.7 Å². The van der Waals surface area contributed by atoms with E-state index in [9.17, 15) is 9.59 Å². The number of anilines is 1. The number of benzene rings is 1. The Morgan fingerprint density at radius 2 is 1.92 bits per heavy atom. The van der Waals surface area contributed by atoms with Gasteiger partial charge in [0.1, 0.15) is 10.6 Å². The number of aromatic nitrogens is 4. The van der Waals surface area contributed by atoms with Gasteiger partial charge >= 0.3 is 5.97 Å². The summed E-state index contributed by atoms with van der Waals surface area (Å²) in [5, 5.41) is 20.0. The fourth-order valence-electron chi connectivity index (χ4n) is 2.32. The van der Waals surface area contributed by atoms with Gasteiger partial charge in [-0.15, -0.1) is 0 Å². The second kappa shape index (κ2) is 7.30. The van der Waals surface area contributed by atoms with E-state index < -0.39 is 11.9 Å². The maximum atomic E-state index is 12.3. The quantitative estimate of drug-likeness (QED) is 0.637. The summed E-state index contributed by atoms with van der Waals surface area (Å²) in [5.74, 6) is -1.80. The first-order chi connectivity index (χ1) is 12.3. The topological polar surface area (TPSA) is 102 Å². The summed E-state index contributed by atoms with van der Waals surface area (Å²) in [6, 6.07) is 7.70. The zero-order valence-electron chi connectivity index (χ0n) is 13.5. The summed E-state index contributed by atoms with van der Waals surface area (Å²) >= 11 is 9.50. The molecule has 0 aliphatic rings. The van der Waals surface area contributed by atoms with E-state index in [-0.39, 0.29) is 22.1 Å². The van der Waals surface area contributed by atoms with Gasteiger partial charge in [-0.25, -0.2) is 4.79 Å². The molecule has 134 valence electrons. The number of rotatable bonds is 5. The first-order valence-corrected chi connectivity index (χ1v) is 8.56. The molecule has 1 amide bonds. The summed E-state index contributed by atoms with van der Waals surface area (Å²) in [6.07, 6.45) is 2.83. The van der Waals surface area contributed by atoms with Gasteiger partial charge in [0, 0.05) is 23.9 Å². The lowest BCUT2D eigenvalue weighted by atomic mass is 10.2. The normalized spacial score (nSPS) is 10.7. The molecule has 1 aromatic carbocycles. The highest BCUT2D eigenvalue weighted by molar-refractivity contribution is 9.10. The Labute approximate surface area is 161 Å². The van der Waals surface area contributed by atoms with Crippen molar-refractivity contribution in [2.24, 2.45) is 7.05 Å². The van der Waals surface area contributed by atoms with E-state index >= 15 is 0 Å². The van der Waals surface area contributed by atoms with Crippen molar-refractivity contribution in [3.63, 3.8) is 0 Å². The second-order valence-corrected chi connectivity index (χ2v) is 6.80. The monoisotopic (exact) mass is 437 g/mol. The highest BCUT2D eigenvalue weighted by Crippen LogP contribution is 2.21. The van der Waals surface area contributed by atoms with Crippen LogP contribution in [0.25, 0.3) is 0 Å². The molecule has 0 aliphatic heterocycles. The van der Waals surface area contributed by atoms with Gasteiger partial charge in [-0.2, -0.15) is 10.2 Å².